The first-order chi connectivity index (χ1) is 7.87. The highest BCUT2D eigenvalue weighted by Crippen LogP contribution is 2.20. The van der Waals surface area contributed by atoms with Crippen LogP contribution in [0.3, 0.4) is 0 Å². The van der Waals surface area contributed by atoms with Crippen LogP contribution in [0, 0.1) is 0 Å². The standard InChI is InChI=1S/C9H21NO6S/c1-2-9(17(14,15)16)10(3-6-11,4-7-12)5-8-13/h9,11-13H,2-8H2,1H3. The number of aliphatic hydroxyl groups excluding tert-OH is 3. The largest absolute Gasteiger partial charge is 0.743 e. The lowest BCUT2D eigenvalue weighted by Gasteiger charge is -2.44. The van der Waals surface area contributed by atoms with E-state index in [0.29, 0.717) is 0 Å². The summed E-state index contributed by atoms with van der Waals surface area (Å²) in [7, 11) is -4.55. The topological polar surface area (TPSA) is 118 Å². The van der Waals surface area contributed by atoms with Crippen molar-refractivity contribution in [3.8, 4) is 0 Å². The molecule has 0 rings (SSSR count). The third-order valence-electron chi connectivity index (χ3n) is 2.93. The van der Waals surface area contributed by atoms with Gasteiger partial charge in [0, 0.05) is 6.42 Å². The van der Waals surface area contributed by atoms with Crippen LogP contribution in [0.25, 0.3) is 0 Å². The summed E-state index contributed by atoms with van der Waals surface area (Å²) in [4.78, 5) is 0. The van der Waals surface area contributed by atoms with Gasteiger partial charge in [-0.25, -0.2) is 8.42 Å². The molecule has 0 saturated carbocycles. The molecule has 7 nitrogen and oxygen atoms in total. The third kappa shape index (κ3) is 4.49. The van der Waals surface area contributed by atoms with Gasteiger partial charge in [0.2, 0.25) is 0 Å². The van der Waals surface area contributed by atoms with Crippen molar-refractivity contribution < 1.29 is 32.8 Å². The van der Waals surface area contributed by atoms with Crippen molar-refractivity contribution in [1.29, 1.82) is 0 Å². The molecule has 0 aliphatic rings. The summed E-state index contributed by atoms with van der Waals surface area (Å²) in [5.41, 5.74) is 0. The van der Waals surface area contributed by atoms with Crippen LogP contribution in [0.5, 0.6) is 0 Å². The fourth-order valence-corrected chi connectivity index (χ4v) is 3.50. The summed E-state index contributed by atoms with van der Waals surface area (Å²) in [5.74, 6) is 0. The van der Waals surface area contributed by atoms with Crippen LogP contribution in [-0.2, 0) is 10.1 Å². The second-order valence-corrected chi connectivity index (χ2v) is 5.45. The number of aliphatic hydroxyl groups is 3. The van der Waals surface area contributed by atoms with E-state index in [9.17, 15) is 13.0 Å². The first kappa shape index (κ1) is 16.8. The molecule has 0 aliphatic carbocycles. The summed E-state index contributed by atoms with van der Waals surface area (Å²) >= 11 is 0. The Morgan fingerprint density at radius 2 is 1.41 bits per heavy atom. The molecule has 0 spiro atoms. The molecule has 3 N–H and O–H groups in total. The van der Waals surface area contributed by atoms with Gasteiger partial charge in [-0.05, 0) is 0 Å². The molecule has 0 heterocycles. The number of quaternary nitrogens is 1. The Kier molecular flexibility index (Phi) is 7.14. The minimum absolute atomic E-state index is 0.0150. The molecular formula is C9H21NO6S. The average molecular weight is 271 g/mol. The minimum atomic E-state index is -4.55. The predicted octanol–water partition coefficient (Wildman–Crippen LogP) is -1.94. The van der Waals surface area contributed by atoms with E-state index in [4.69, 9.17) is 15.3 Å². The summed E-state index contributed by atoms with van der Waals surface area (Å²) in [6, 6.07) is 0. The second kappa shape index (κ2) is 7.24. The summed E-state index contributed by atoms with van der Waals surface area (Å²) in [6.07, 6.45) is 0.0752. The Labute approximate surface area is 102 Å². The van der Waals surface area contributed by atoms with Gasteiger partial charge in [-0.15, -0.1) is 0 Å². The van der Waals surface area contributed by atoms with E-state index in [1.54, 1.807) is 6.92 Å². The van der Waals surface area contributed by atoms with Gasteiger partial charge in [0.15, 0.2) is 5.37 Å². The fourth-order valence-electron chi connectivity index (χ4n) is 2.23. The first-order valence-corrected chi connectivity index (χ1v) is 6.98. The van der Waals surface area contributed by atoms with Gasteiger partial charge in [0.1, 0.15) is 29.8 Å². The van der Waals surface area contributed by atoms with Gasteiger partial charge in [0.05, 0.1) is 19.8 Å². The van der Waals surface area contributed by atoms with Crippen LogP contribution in [-0.4, -0.2) is 77.6 Å². The minimum Gasteiger partial charge on any atom is -0.743 e. The van der Waals surface area contributed by atoms with Crippen LogP contribution in [0.2, 0.25) is 0 Å². The zero-order chi connectivity index (χ0) is 13.5. The van der Waals surface area contributed by atoms with Crippen LogP contribution in [0.15, 0.2) is 0 Å². The monoisotopic (exact) mass is 271 g/mol. The first-order valence-electron chi connectivity index (χ1n) is 5.51. The normalized spacial score (nSPS) is 14.9. The van der Waals surface area contributed by atoms with Crippen molar-refractivity contribution in [2.75, 3.05) is 39.5 Å². The number of nitrogens with zero attached hydrogens (tertiary/aromatic N) is 1. The maximum Gasteiger partial charge on any atom is 0.179 e. The van der Waals surface area contributed by atoms with Crippen LogP contribution < -0.4 is 0 Å². The summed E-state index contributed by atoms with van der Waals surface area (Å²) in [5, 5.41) is 25.7. The summed E-state index contributed by atoms with van der Waals surface area (Å²) in [6.45, 7) is 0.659. The molecule has 0 aromatic heterocycles. The van der Waals surface area contributed by atoms with Gasteiger partial charge in [-0.1, -0.05) is 6.92 Å². The predicted molar refractivity (Wildman–Crippen MR) is 59.9 cm³/mol. The molecule has 0 aromatic carbocycles. The molecule has 0 amide bonds. The Hall–Kier alpha value is -0.250. The molecular weight excluding hydrogens is 250 g/mol. The fraction of sp³-hybridized carbons (Fsp3) is 1.00. The van der Waals surface area contributed by atoms with Crippen LogP contribution in [0.1, 0.15) is 13.3 Å². The highest BCUT2D eigenvalue weighted by molar-refractivity contribution is 7.86. The third-order valence-corrected chi connectivity index (χ3v) is 4.38. The zero-order valence-corrected chi connectivity index (χ0v) is 10.8. The van der Waals surface area contributed by atoms with E-state index >= 15 is 0 Å². The highest BCUT2D eigenvalue weighted by atomic mass is 32.2. The molecule has 0 fully saturated rings. The lowest BCUT2D eigenvalue weighted by atomic mass is 10.2. The molecule has 1 unspecified atom stereocenters. The smallest absolute Gasteiger partial charge is 0.179 e. The van der Waals surface area contributed by atoms with Crippen molar-refractivity contribution in [3.05, 3.63) is 0 Å². The lowest BCUT2D eigenvalue weighted by Crippen LogP contribution is -2.61. The molecule has 0 radical (unpaired) electrons. The van der Waals surface area contributed by atoms with Crippen molar-refractivity contribution in [3.63, 3.8) is 0 Å². The van der Waals surface area contributed by atoms with Crippen molar-refractivity contribution in [1.82, 2.24) is 0 Å². The second-order valence-electron chi connectivity index (χ2n) is 3.92. The maximum absolute atomic E-state index is 11.2. The maximum atomic E-state index is 11.2. The number of rotatable bonds is 9. The van der Waals surface area contributed by atoms with E-state index in [1.165, 1.54) is 0 Å². The van der Waals surface area contributed by atoms with Gasteiger partial charge in [0.25, 0.3) is 0 Å². The lowest BCUT2D eigenvalue weighted by molar-refractivity contribution is -0.939. The number of hydrogen-bond acceptors (Lipinski definition) is 6. The van der Waals surface area contributed by atoms with Crippen LogP contribution in [0.4, 0.5) is 0 Å². The Balaban J connectivity index is 5.34. The SMILES string of the molecule is CCC([N+](CCO)(CCO)CCO)S(=O)(=O)[O-]. The van der Waals surface area contributed by atoms with Crippen LogP contribution >= 0.6 is 0 Å². The summed E-state index contributed by atoms with van der Waals surface area (Å²) < 4.78 is 33.4. The average Bonchev–Trinajstić information content (AvgIpc) is 2.17. The van der Waals surface area contributed by atoms with E-state index in [1.807, 2.05) is 0 Å². The Morgan fingerprint density at radius 3 is 1.59 bits per heavy atom. The van der Waals surface area contributed by atoms with Crippen molar-refractivity contribution in [2.24, 2.45) is 0 Å². The quantitative estimate of drug-likeness (QED) is 0.332. The van der Waals surface area contributed by atoms with Gasteiger partial charge >= 0.3 is 0 Å². The van der Waals surface area contributed by atoms with E-state index in [2.05, 4.69) is 0 Å². The highest BCUT2D eigenvalue weighted by Gasteiger charge is 2.38. The molecule has 0 bridgehead atoms. The van der Waals surface area contributed by atoms with Gasteiger partial charge in [-0.3, -0.25) is 0 Å². The molecule has 8 heteroatoms. The zero-order valence-electron chi connectivity index (χ0n) is 9.95. The Bertz CT molecular complexity index is 288. The molecule has 1 atom stereocenters. The molecule has 104 valence electrons. The molecule has 0 aromatic rings. The van der Waals surface area contributed by atoms with Crippen molar-refractivity contribution >= 4 is 10.1 Å². The Morgan fingerprint density at radius 1 is 1.06 bits per heavy atom. The van der Waals surface area contributed by atoms with Crippen molar-refractivity contribution in [2.45, 2.75) is 18.7 Å². The van der Waals surface area contributed by atoms with E-state index in [0.717, 1.165) is 0 Å². The van der Waals surface area contributed by atoms with Gasteiger partial charge in [-0.2, -0.15) is 0 Å². The number of hydrogen-bond donors (Lipinski definition) is 3. The van der Waals surface area contributed by atoms with Gasteiger partial charge < -0.3 is 24.4 Å². The molecule has 0 aliphatic heterocycles. The van der Waals surface area contributed by atoms with E-state index in [-0.39, 0.29) is 50.4 Å². The molecule has 0 saturated heterocycles. The molecule has 17 heavy (non-hydrogen) atoms. The van der Waals surface area contributed by atoms with E-state index < -0.39 is 15.5 Å².